The van der Waals surface area contributed by atoms with Crippen LogP contribution >= 0.6 is 27.3 Å². The summed E-state index contributed by atoms with van der Waals surface area (Å²) in [6, 6.07) is 2.50. The summed E-state index contributed by atoms with van der Waals surface area (Å²) in [5, 5.41) is 12.2. The zero-order valence-corrected chi connectivity index (χ0v) is 11.9. The molecule has 1 N–H and O–H groups in total. The average Bonchev–Trinajstić information content (AvgIpc) is 2.64. The molecule has 1 aliphatic rings. The Morgan fingerprint density at radius 3 is 2.88 bits per heavy atom. The second kappa shape index (κ2) is 5.63. The van der Waals surface area contributed by atoms with Crippen LogP contribution in [0.1, 0.15) is 31.2 Å². The zero-order chi connectivity index (χ0) is 11.5. The first-order valence-corrected chi connectivity index (χ1v) is 7.45. The maximum absolute atomic E-state index is 9.97. The second-order valence-electron chi connectivity index (χ2n) is 4.59. The Kier molecular flexibility index (Phi) is 4.41. The first-order valence-electron chi connectivity index (χ1n) is 5.78. The van der Waals surface area contributed by atoms with Gasteiger partial charge in [0.05, 0.1) is 9.89 Å². The minimum absolute atomic E-state index is 0.138. The standard InChI is InChI=1S/C12H18BrNOS/c1-14(7-9-6-12(13)16-8-9)10-4-2-3-5-11(10)15/h6,8,10-11,15H,2-5,7H2,1H3/t10-,11-/m0/s1. The van der Waals surface area contributed by atoms with Crippen molar-refractivity contribution in [2.45, 2.75) is 44.4 Å². The van der Waals surface area contributed by atoms with Crippen molar-refractivity contribution in [2.75, 3.05) is 7.05 Å². The summed E-state index contributed by atoms with van der Waals surface area (Å²) >= 11 is 5.20. The molecule has 0 aliphatic heterocycles. The third-order valence-corrected chi connectivity index (χ3v) is 4.87. The molecule has 0 saturated heterocycles. The van der Waals surface area contributed by atoms with Gasteiger partial charge in [-0.3, -0.25) is 4.90 Å². The van der Waals surface area contributed by atoms with E-state index in [0.717, 1.165) is 19.4 Å². The van der Waals surface area contributed by atoms with Crippen LogP contribution in [0.3, 0.4) is 0 Å². The van der Waals surface area contributed by atoms with Crippen molar-refractivity contribution in [3.63, 3.8) is 0 Å². The first-order chi connectivity index (χ1) is 7.66. The number of rotatable bonds is 3. The Labute approximate surface area is 109 Å². The van der Waals surface area contributed by atoms with E-state index in [9.17, 15) is 5.11 Å². The molecule has 1 aliphatic carbocycles. The normalized spacial score (nSPS) is 26.2. The van der Waals surface area contributed by atoms with Crippen LogP contribution in [-0.4, -0.2) is 29.2 Å². The lowest BCUT2D eigenvalue weighted by atomic mass is 9.91. The lowest BCUT2D eigenvalue weighted by molar-refractivity contribution is 0.0289. The van der Waals surface area contributed by atoms with E-state index in [1.165, 1.54) is 22.2 Å². The highest BCUT2D eigenvalue weighted by atomic mass is 79.9. The van der Waals surface area contributed by atoms with E-state index in [-0.39, 0.29) is 6.10 Å². The minimum atomic E-state index is -0.138. The highest BCUT2D eigenvalue weighted by Gasteiger charge is 2.26. The molecule has 2 rings (SSSR count). The lowest BCUT2D eigenvalue weighted by Crippen LogP contribution is -2.42. The van der Waals surface area contributed by atoms with E-state index in [4.69, 9.17) is 0 Å². The van der Waals surface area contributed by atoms with Crippen LogP contribution in [0.4, 0.5) is 0 Å². The quantitative estimate of drug-likeness (QED) is 0.926. The van der Waals surface area contributed by atoms with Crippen LogP contribution in [-0.2, 0) is 6.54 Å². The predicted molar refractivity (Wildman–Crippen MR) is 71.7 cm³/mol. The van der Waals surface area contributed by atoms with E-state index < -0.39 is 0 Å². The largest absolute Gasteiger partial charge is 0.391 e. The summed E-state index contributed by atoms with van der Waals surface area (Å²) in [6.07, 6.45) is 4.38. The Morgan fingerprint density at radius 1 is 1.50 bits per heavy atom. The van der Waals surface area contributed by atoms with Crippen molar-refractivity contribution in [3.05, 3.63) is 20.8 Å². The van der Waals surface area contributed by atoms with Crippen LogP contribution in [0.15, 0.2) is 15.2 Å². The number of halogens is 1. The van der Waals surface area contributed by atoms with Gasteiger partial charge < -0.3 is 5.11 Å². The molecule has 0 bridgehead atoms. The highest BCUT2D eigenvalue weighted by molar-refractivity contribution is 9.11. The number of aliphatic hydroxyl groups excluding tert-OH is 1. The van der Waals surface area contributed by atoms with Gasteiger partial charge in [0.25, 0.3) is 0 Å². The number of hydrogen-bond acceptors (Lipinski definition) is 3. The molecule has 1 saturated carbocycles. The summed E-state index contributed by atoms with van der Waals surface area (Å²) < 4.78 is 1.18. The maximum atomic E-state index is 9.97. The molecular formula is C12H18BrNOS. The van der Waals surface area contributed by atoms with Gasteiger partial charge in [0.2, 0.25) is 0 Å². The van der Waals surface area contributed by atoms with Crippen LogP contribution in [0.25, 0.3) is 0 Å². The molecule has 2 nitrogen and oxygen atoms in total. The van der Waals surface area contributed by atoms with Crippen LogP contribution in [0.5, 0.6) is 0 Å². The zero-order valence-electron chi connectivity index (χ0n) is 9.53. The number of nitrogens with zero attached hydrogens (tertiary/aromatic N) is 1. The second-order valence-corrected chi connectivity index (χ2v) is 6.88. The van der Waals surface area contributed by atoms with E-state index in [1.54, 1.807) is 11.3 Å². The van der Waals surface area contributed by atoms with Crippen molar-refractivity contribution in [1.82, 2.24) is 4.90 Å². The van der Waals surface area contributed by atoms with Crippen molar-refractivity contribution in [3.8, 4) is 0 Å². The maximum Gasteiger partial charge on any atom is 0.0701 e. The van der Waals surface area contributed by atoms with Crippen LogP contribution in [0.2, 0.25) is 0 Å². The summed E-state index contributed by atoms with van der Waals surface area (Å²) in [7, 11) is 2.12. The van der Waals surface area contributed by atoms with Gasteiger partial charge >= 0.3 is 0 Å². The molecule has 0 aromatic carbocycles. The predicted octanol–water partition coefficient (Wildman–Crippen LogP) is 3.25. The van der Waals surface area contributed by atoms with Gasteiger partial charge in [-0.25, -0.2) is 0 Å². The Bertz CT molecular complexity index is 342. The fourth-order valence-electron chi connectivity index (χ4n) is 2.44. The third-order valence-electron chi connectivity index (χ3n) is 3.31. The van der Waals surface area contributed by atoms with Gasteiger partial charge in [-0.05, 0) is 52.8 Å². The molecule has 1 fully saturated rings. The van der Waals surface area contributed by atoms with Gasteiger partial charge in [0, 0.05) is 12.6 Å². The molecular weight excluding hydrogens is 286 g/mol. The van der Waals surface area contributed by atoms with Crippen molar-refractivity contribution >= 4 is 27.3 Å². The third kappa shape index (κ3) is 3.06. The van der Waals surface area contributed by atoms with Gasteiger partial charge in [0.15, 0.2) is 0 Å². The summed E-state index contributed by atoms with van der Waals surface area (Å²) in [4.78, 5) is 2.29. The van der Waals surface area contributed by atoms with Crippen molar-refractivity contribution < 1.29 is 5.11 Å². The highest BCUT2D eigenvalue weighted by Crippen LogP contribution is 2.26. The minimum Gasteiger partial charge on any atom is -0.391 e. The topological polar surface area (TPSA) is 23.5 Å². The summed E-state index contributed by atoms with van der Waals surface area (Å²) in [6.45, 7) is 0.934. The molecule has 0 unspecified atom stereocenters. The van der Waals surface area contributed by atoms with Crippen molar-refractivity contribution in [2.24, 2.45) is 0 Å². The van der Waals surface area contributed by atoms with Crippen molar-refractivity contribution in [1.29, 1.82) is 0 Å². The summed E-state index contributed by atoms with van der Waals surface area (Å²) in [5.41, 5.74) is 1.33. The van der Waals surface area contributed by atoms with Gasteiger partial charge in [-0.2, -0.15) is 0 Å². The molecule has 2 atom stereocenters. The Morgan fingerprint density at radius 2 is 2.25 bits per heavy atom. The van der Waals surface area contributed by atoms with E-state index in [1.807, 2.05) is 0 Å². The fraction of sp³-hybridized carbons (Fsp3) is 0.667. The molecule has 16 heavy (non-hydrogen) atoms. The molecule has 0 spiro atoms. The van der Waals surface area contributed by atoms with Gasteiger partial charge in [-0.1, -0.05) is 12.8 Å². The van der Waals surface area contributed by atoms with E-state index >= 15 is 0 Å². The molecule has 4 heteroatoms. The fourth-order valence-corrected chi connectivity index (χ4v) is 3.64. The lowest BCUT2D eigenvalue weighted by Gasteiger charge is -2.35. The SMILES string of the molecule is CN(Cc1csc(Br)c1)[C@H]1CCCC[C@@H]1O. The molecule has 1 aromatic heterocycles. The van der Waals surface area contributed by atoms with E-state index in [2.05, 4.69) is 39.3 Å². The molecule has 0 amide bonds. The Balaban J connectivity index is 1.93. The first kappa shape index (κ1) is 12.6. The molecule has 90 valence electrons. The smallest absolute Gasteiger partial charge is 0.0701 e. The number of thiophene rings is 1. The number of aliphatic hydroxyl groups is 1. The summed E-state index contributed by atoms with van der Waals surface area (Å²) in [5.74, 6) is 0. The Hall–Kier alpha value is 0.1000. The van der Waals surface area contributed by atoms with E-state index in [0.29, 0.717) is 6.04 Å². The average molecular weight is 304 g/mol. The monoisotopic (exact) mass is 303 g/mol. The van der Waals surface area contributed by atoms with Gasteiger partial charge in [-0.15, -0.1) is 11.3 Å². The molecule has 0 radical (unpaired) electrons. The number of likely N-dealkylation sites (N-methyl/N-ethyl adjacent to an activating group) is 1. The molecule has 1 aromatic rings. The van der Waals surface area contributed by atoms with Crippen LogP contribution < -0.4 is 0 Å². The van der Waals surface area contributed by atoms with Crippen LogP contribution in [0, 0.1) is 0 Å². The van der Waals surface area contributed by atoms with Gasteiger partial charge in [0.1, 0.15) is 0 Å². The number of hydrogen-bond donors (Lipinski definition) is 1. The molecule has 1 heterocycles.